The van der Waals surface area contributed by atoms with Gasteiger partial charge in [0.15, 0.2) is 7.14 Å². The van der Waals surface area contributed by atoms with Crippen LogP contribution in [0.2, 0.25) is 0 Å². The van der Waals surface area contributed by atoms with Crippen molar-refractivity contribution in [1.82, 2.24) is 0 Å². The van der Waals surface area contributed by atoms with Crippen LogP contribution in [0.3, 0.4) is 0 Å². The molecule has 0 saturated carbocycles. The highest BCUT2D eigenvalue weighted by Gasteiger charge is 2.47. The highest BCUT2D eigenvalue weighted by Crippen LogP contribution is 2.60. The molecule has 0 saturated heterocycles. The van der Waals surface area contributed by atoms with E-state index in [0.29, 0.717) is 16.2 Å². The molecule has 3 aromatic heterocycles. The summed E-state index contributed by atoms with van der Waals surface area (Å²) >= 11 is 4.95. The maximum atomic E-state index is 15.4. The molecule has 4 heterocycles. The summed E-state index contributed by atoms with van der Waals surface area (Å²) in [7, 11) is -3.60. The van der Waals surface area contributed by atoms with Crippen LogP contribution in [0.4, 0.5) is 13.2 Å². The van der Waals surface area contributed by atoms with E-state index in [4.69, 9.17) is 0 Å². The van der Waals surface area contributed by atoms with E-state index >= 15 is 4.57 Å². The Hall–Kier alpha value is -2.44. The fourth-order valence-electron chi connectivity index (χ4n) is 5.27. The number of halogens is 3. The van der Waals surface area contributed by atoms with Crippen LogP contribution in [0.25, 0.3) is 32.0 Å². The van der Waals surface area contributed by atoms with E-state index < -0.39 is 18.9 Å². The van der Waals surface area contributed by atoms with Gasteiger partial charge in [0.05, 0.1) is 5.56 Å². The van der Waals surface area contributed by atoms with Gasteiger partial charge >= 0.3 is 6.18 Å². The zero-order chi connectivity index (χ0) is 26.3. The number of hydrogen-bond donors (Lipinski definition) is 0. The lowest BCUT2D eigenvalue weighted by molar-refractivity contribution is -0.137. The molecule has 0 aliphatic carbocycles. The monoisotopic (exact) mass is 570 g/mol. The second-order valence-corrected chi connectivity index (χ2v) is 15.9. The Morgan fingerprint density at radius 1 is 0.703 bits per heavy atom. The minimum atomic E-state index is -4.52. The highest BCUT2D eigenvalue weighted by molar-refractivity contribution is 7.87. The van der Waals surface area contributed by atoms with Gasteiger partial charge in [0.1, 0.15) is 0 Å². The van der Waals surface area contributed by atoms with Crippen molar-refractivity contribution in [2.75, 3.05) is 0 Å². The number of rotatable bonds is 3. The molecule has 188 valence electrons. The van der Waals surface area contributed by atoms with Gasteiger partial charge in [-0.3, -0.25) is 0 Å². The summed E-state index contributed by atoms with van der Waals surface area (Å²) in [6, 6.07) is 17.1. The summed E-state index contributed by atoms with van der Waals surface area (Å²) in [4.78, 5) is 6.45. The standard InChI is InChI=1S/C29H22F3OPS3/c1-15-12-22(17(3)35-15)25-26-28(37-27(25)23-13-16(2)36-18(23)4)21-11-10-19(29(30,31)32)14-24(21)34(26,33)20-8-6-5-7-9-20/h5-14H,1-4H3. The molecule has 0 spiro atoms. The molecule has 0 bridgehead atoms. The Bertz CT molecular complexity index is 1740. The minimum absolute atomic E-state index is 0.283. The van der Waals surface area contributed by atoms with Gasteiger partial charge in [-0.05, 0) is 57.5 Å². The van der Waals surface area contributed by atoms with Crippen LogP contribution >= 0.6 is 41.2 Å². The fraction of sp³-hybridized carbons (Fsp3) is 0.172. The van der Waals surface area contributed by atoms with E-state index in [0.717, 1.165) is 48.3 Å². The molecule has 37 heavy (non-hydrogen) atoms. The SMILES string of the molecule is Cc1cc(-c2sc3c(c2-c2cc(C)sc2C)P(=O)(c2ccccc2)c2cc(C(F)(F)F)ccc2-3)c(C)s1. The van der Waals surface area contributed by atoms with Crippen LogP contribution < -0.4 is 15.9 Å². The summed E-state index contributed by atoms with van der Waals surface area (Å²) in [5, 5.41) is 1.52. The molecule has 5 aromatic rings. The van der Waals surface area contributed by atoms with E-state index in [1.165, 1.54) is 15.8 Å². The Balaban J connectivity index is 1.78. The number of fused-ring (bicyclic) bond motifs is 3. The highest BCUT2D eigenvalue weighted by atomic mass is 32.1. The summed E-state index contributed by atoms with van der Waals surface area (Å²) in [5.41, 5.74) is 2.89. The molecular weight excluding hydrogens is 548 g/mol. The van der Waals surface area contributed by atoms with Crippen LogP contribution in [0.1, 0.15) is 25.1 Å². The number of alkyl halides is 3. The van der Waals surface area contributed by atoms with Crippen molar-refractivity contribution in [1.29, 1.82) is 0 Å². The van der Waals surface area contributed by atoms with Crippen LogP contribution in [-0.2, 0) is 10.7 Å². The number of hydrogen-bond acceptors (Lipinski definition) is 4. The molecule has 2 aromatic carbocycles. The van der Waals surface area contributed by atoms with Crippen molar-refractivity contribution in [3.05, 3.63) is 85.7 Å². The van der Waals surface area contributed by atoms with Crippen molar-refractivity contribution >= 4 is 57.1 Å². The second kappa shape index (κ2) is 8.54. The Kier molecular flexibility index (Phi) is 5.74. The third kappa shape index (κ3) is 3.74. The van der Waals surface area contributed by atoms with E-state index in [2.05, 4.69) is 39.8 Å². The van der Waals surface area contributed by atoms with E-state index in [-0.39, 0.29) is 5.30 Å². The first-order chi connectivity index (χ1) is 17.5. The first-order valence-corrected chi connectivity index (χ1v) is 15.9. The predicted octanol–water partition coefficient (Wildman–Crippen LogP) is 9.08. The average Bonchev–Trinajstić information content (AvgIpc) is 3.55. The second-order valence-electron chi connectivity index (χ2n) is 9.31. The molecule has 0 fully saturated rings. The van der Waals surface area contributed by atoms with Gasteiger partial charge in [-0.25, -0.2) is 0 Å². The molecule has 0 N–H and O–H groups in total. The van der Waals surface area contributed by atoms with Gasteiger partial charge in [0.2, 0.25) is 0 Å². The van der Waals surface area contributed by atoms with Gasteiger partial charge in [-0.15, -0.1) is 34.0 Å². The van der Waals surface area contributed by atoms with E-state index in [1.807, 2.05) is 6.07 Å². The lowest BCUT2D eigenvalue weighted by atomic mass is 10.0. The summed E-state index contributed by atoms with van der Waals surface area (Å²) in [6.07, 6.45) is -4.52. The summed E-state index contributed by atoms with van der Waals surface area (Å²) < 4.78 is 56.9. The molecule has 0 amide bonds. The molecule has 6 rings (SSSR count). The quantitative estimate of drug-likeness (QED) is 0.194. The molecule has 1 nitrogen and oxygen atoms in total. The van der Waals surface area contributed by atoms with Gasteiger partial charge in [-0.2, -0.15) is 13.2 Å². The lowest BCUT2D eigenvalue weighted by Gasteiger charge is -2.19. The zero-order valence-electron chi connectivity index (χ0n) is 20.5. The first-order valence-electron chi connectivity index (χ1n) is 11.7. The van der Waals surface area contributed by atoms with Crippen LogP contribution in [0.5, 0.6) is 0 Å². The third-order valence-electron chi connectivity index (χ3n) is 6.82. The molecule has 1 unspecified atom stereocenters. The van der Waals surface area contributed by atoms with Crippen molar-refractivity contribution in [3.8, 4) is 32.0 Å². The first kappa shape index (κ1) is 24.9. The molecule has 0 radical (unpaired) electrons. The molecular formula is C29H22F3OPS3. The Labute approximate surface area is 225 Å². The minimum Gasteiger partial charge on any atom is -0.309 e. The largest absolute Gasteiger partial charge is 0.416 e. The summed E-state index contributed by atoms with van der Waals surface area (Å²) in [6.45, 7) is 8.27. The van der Waals surface area contributed by atoms with Gasteiger partial charge in [0, 0.05) is 61.9 Å². The maximum Gasteiger partial charge on any atom is 0.416 e. The van der Waals surface area contributed by atoms with Crippen LogP contribution in [0, 0.1) is 27.7 Å². The van der Waals surface area contributed by atoms with Crippen molar-refractivity contribution in [3.63, 3.8) is 0 Å². The van der Waals surface area contributed by atoms with Gasteiger partial charge in [-0.1, -0.05) is 36.4 Å². The van der Waals surface area contributed by atoms with Crippen molar-refractivity contribution in [2.24, 2.45) is 0 Å². The van der Waals surface area contributed by atoms with Crippen LogP contribution in [-0.4, -0.2) is 0 Å². The number of benzene rings is 2. The van der Waals surface area contributed by atoms with Gasteiger partial charge in [0.25, 0.3) is 0 Å². The van der Waals surface area contributed by atoms with E-state index in [9.17, 15) is 13.2 Å². The average molecular weight is 571 g/mol. The fourth-order valence-corrected chi connectivity index (χ4v) is 12.4. The smallest absolute Gasteiger partial charge is 0.309 e. The molecule has 1 atom stereocenters. The van der Waals surface area contributed by atoms with Crippen molar-refractivity contribution in [2.45, 2.75) is 33.9 Å². The normalized spacial score (nSPS) is 16.7. The maximum absolute atomic E-state index is 15.4. The molecule has 1 aliphatic rings. The third-order valence-corrected chi connectivity index (χ3v) is 13.3. The predicted molar refractivity (Wildman–Crippen MR) is 153 cm³/mol. The lowest BCUT2D eigenvalue weighted by Crippen LogP contribution is -2.22. The van der Waals surface area contributed by atoms with Crippen LogP contribution in [0.15, 0.2) is 60.7 Å². The summed E-state index contributed by atoms with van der Waals surface area (Å²) in [5.74, 6) is 0. The Morgan fingerprint density at radius 3 is 1.89 bits per heavy atom. The van der Waals surface area contributed by atoms with Crippen molar-refractivity contribution < 1.29 is 17.7 Å². The van der Waals surface area contributed by atoms with Gasteiger partial charge < -0.3 is 4.57 Å². The topological polar surface area (TPSA) is 17.1 Å². The number of thiophene rings is 3. The molecule has 1 aliphatic heterocycles. The number of aryl methyl sites for hydroxylation is 4. The van der Waals surface area contributed by atoms with E-state index in [1.54, 1.807) is 58.3 Å². The Morgan fingerprint density at radius 2 is 1.32 bits per heavy atom. The molecule has 8 heteroatoms. The zero-order valence-corrected chi connectivity index (χ0v) is 23.8.